The van der Waals surface area contributed by atoms with Gasteiger partial charge < -0.3 is 14.8 Å². The minimum absolute atomic E-state index is 0.102. The molecule has 27 heavy (non-hydrogen) atoms. The zero-order valence-corrected chi connectivity index (χ0v) is 15.4. The maximum absolute atomic E-state index is 12.1. The Hall–Kier alpha value is -3.24. The van der Waals surface area contributed by atoms with Crippen LogP contribution in [0.3, 0.4) is 0 Å². The van der Waals surface area contributed by atoms with Crippen molar-refractivity contribution in [2.45, 2.75) is 0 Å². The van der Waals surface area contributed by atoms with Crippen molar-refractivity contribution >= 4 is 23.1 Å². The number of hydrogen-bond acceptors (Lipinski definition) is 4. The van der Waals surface area contributed by atoms with E-state index in [-0.39, 0.29) is 5.78 Å². The molecular formula is C22H18ClNO3. The van der Waals surface area contributed by atoms with Crippen LogP contribution in [0.1, 0.15) is 10.4 Å². The summed E-state index contributed by atoms with van der Waals surface area (Å²) in [6.45, 7) is 0. The smallest absolute Gasteiger partial charge is 0.187 e. The number of ketones is 1. The topological polar surface area (TPSA) is 47.6 Å². The Morgan fingerprint density at radius 3 is 2.26 bits per heavy atom. The molecule has 136 valence electrons. The number of hydrogen-bond donors (Lipinski definition) is 1. The number of ether oxygens (including phenoxy) is 2. The molecule has 3 aromatic rings. The second-order valence-corrected chi connectivity index (χ2v) is 6.06. The summed E-state index contributed by atoms with van der Waals surface area (Å²) in [6, 6.07) is 21.6. The van der Waals surface area contributed by atoms with E-state index in [0.717, 1.165) is 5.69 Å². The van der Waals surface area contributed by atoms with Crippen molar-refractivity contribution in [1.82, 2.24) is 0 Å². The second-order valence-electron chi connectivity index (χ2n) is 5.63. The third kappa shape index (κ3) is 5.12. The quantitative estimate of drug-likeness (QED) is 0.407. The van der Waals surface area contributed by atoms with Crippen molar-refractivity contribution in [3.63, 3.8) is 0 Å². The van der Waals surface area contributed by atoms with Crippen molar-refractivity contribution in [1.29, 1.82) is 0 Å². The zero-order valence-electron chi connectivity index (χ0n) is 14.7. The van der Waals surface area contributed by atoms with Crippen LogP contribution in [-0.2, 0) is 0 Å². The summed E-state index contributed by atoms with van der Waals surface area (Å²) in [5, 5.41) is 3.66. The normalized spacial score (nSPS) is 10.6. The van der Waals surface area contributed by atoms with Gasteiger partial charge in [0.2, 0.25) is 0 Å². The Bertz CT molecular complexity index is 935. The summed E-state index contributed by atoms with van der Waals surface area (Å²) in [5.74, 6) is 1.90. The predicted octanol–water partition coefficient (Wildman–Crippen LogP) is 5.95. The van der Waals surface area contributed by atoms with E-state index >= 15 is 0 Å². The molecule has 5 heteroatoms. The average Bonchev–Trinajstić information content (AvgIpc) is 2.70. The maximum atomic E-state index is 12.1. The van der Waals surface area contributed by atoms with Crippen LogP contribution in [0.5, 0.6) is 17.2 Å². The third-order valence-electron chi connectivity index (χ3n) is 3.76. The number of carbonyl (C=O) groups is 1. The van der Waals surface area contributed by atoms with Gasteiger partial charge in [0.05, 0.1) is 7.11 Å². The highest BCUT2D eigenvalue weighted by Crippen LogP contribution is 2.31. The van der Waals surface area contributed by atoms with Crippen molar-refractivity contribution in [2.75, 3.05) is 12.4 Å². The molecule has 0 radical (unpaired) electrons. The minimum atomic E-state index is -0.102. The Morgan fingerprint density at radius 2 is 1.59 bits per heavy atom. The summed E-state index contributed by atoms with van der Waals surface area (Å²) < 4.78 is 11.1. The largest absolute Gasteiger partial charge is 0.493 e. The summed E-state index contributed by atoms with van der Waals surface area (Å²) in [5.41, 5.74) is 1.42. The summed E-state index contributed by atoms with van der Waals surface area (Å²) >= 11 is 5.82. The monoisotopic (exact) mass is 379 g/mol. The molecule has 4 nitrogen and oxygen atoms in total. The van der Waals surface area contributed by atoms with Crippen molar-refractivity contribution in [3.8, 4) is 17.2 Å². The first-order valence-electron chi connectivity index (χ1n) is 8.29. The fourth-order valence-electron chi connectivity index (χ4n) is 2.37. The van der Waals surface area contributed by atoms with E-state index in [4.69, 9.17) is 21.1 Å². The number of carbonyl (C=O) groups excluding carboxylic acids is 1. The molecule has 0 amide bonds. The SMILES string of the molecule is COc1ccccc1Oc1ccc(N/C=C/C(=O)c2ccc(Cl)cc2)cc1. The first-order chi connectivity index (χ1) is 13.2. The molecule has 0 unspecified atom stereocenters. The van der Waals surface area contributed by atoms with E-state index in [0.29, 0.717) is 27.8 Å². The molecule has 0 aliphatic carbocycles. The molecule has 0 bridgehead atoms. The standard InChI is InChI=1S/C22H18ClNO3/c1-26-21-4-2-3-5-22(21)27-19-12-10-18(11-13-19)24-15-14-20(25)16-6-8-17(23)9-7-16/h2-15,24H,1H3/b15-14+. The molecule has 0 heterocycles. The molecule has 0 aromatic heterocycles. The number of halogens is 1. The van der Waals surface area contributed by atoms with Crippen LogP contribution in [-0.4, -0.2) is 12.9 Å². The van der Waals surface area contributed by atoms with Gasteiger partial charge in [0.1, 0.15) is 5.75 Å². The van der Waals surface area contributed by atoms with Crippen LogP contribution in [0.15, 0.2) is 85.1 Å². The molecule has 0 atom stereocenters. The number of methoxy groups -OCH3 is 1. The van der Waals surface area contributed by atoms with Crippen LogP contribution in [0, 0.1) is 0 Å². The number of anilines is 1. The first kappa shape index (κ1) is 18.5. The Balaban J connectivity index is 1.59. The second kappa shape index (κ2) is 8.92. The maximum Gasteiger partial charge on any atom is 0.187 e. The van der Waals surface area contributed by atoms with E-state index in [1.807, 2.05) is 48.5 Å². The fraction of sp³-hybridized carbons (Fsp3) is 0.0455. The third-order valence-corrected chi connectivity index (χ3v) is 4.02. The average molecular weight is 380 g/mol. The van der Waals surface area contributed by atoms with Crippen LogP contribution in [0.4, 0.5) is 5.69 Å². The lowest BCUT2D eigenvalue weighted by Crippen LogP contribution is -1.96. The molecule has 0 saturated carbocycles. The number of benzene rings is 3. The molecule has 1 N–H and O–H groups in total. The van der Waals surface area contributed by atoms with Gasteiger partial charge in [0, 0.05) is 28.5 Å². The lowest BCUT2D eigenvalue weighted by Gasteiger charge is -2.10. The molecule has 0 aliphatic heterocycles. The van der Waals surface area contributed by atoms with Gasteiger partial charge in [-0.1, -0.05) is 23.7 Å². The van der Waals surface area contributed by atoms with Crippen LogP contribution in [0.2, 0.25) is 5.02 Å². The molecule has 3 aromatic carbocycles. The molecule has 3 rings (SSSR count). The van der Waals surface area contributed by atoms with Gasteiger partial charge >= 0.3 is 0 Å². The van der Waals surface area contributed by atoms with E-state index in [1.54, 1.807) is 37.6 Å². The molecule has 0 saturated heterocycles. The molecule has 0 spiro atoms. The fourth-order valence-corrected chi connectivity index (χ4v) is 2.50. The first-order valence-corrected chi connectivity index (χ1v) is 8.67. The van der Waals surface area contributed by atoms with Crippen molar-refractivity contribution in [3.05, 3.63) is 95.7 Å². The lowest BCUT2D eigenvalue weighted by molar-refractivity contribution is 0.104. The molecular weight excluding hydrogens is 362 g/mol. The minimum Gasteiger partial charge on any atom is -0.493 e. The number of rotatable bonds is 7. The van der Waals surface area contributed by atoms with Gasteiger partial charge in [-0.25, -0.2) is 0 Å². The summed E-state index contributed by atoms with van der Waals surface area (Å²) in [6.07, 6.45) is 3.08. The summed E-state index contributed by atoms with van der Waals surface area (Å²) in [4.78, 5) is 12.1. The van der Waals surface area contributed by atoms with Gasteiger partial charge in [-0.15, -0.1) is 0 Å². The Kier molecular flexibility index (Phi) is 6.13. The van der Waals surface area contributed by atoms with Crippen molar-refractivity contribution < 1.29 is 14.3 Å². The van der Waals surface area contributed by atoms with Gasteiger partial charge in [0.15, 0.2) is 17.3 Å². The zero-order chi connectivity index (χ0) is 19.1. The summed E-state index contributed by atoms with van der Waals surface area (Å²) in [7, 11) is 1.60. The predicted molar refractivity (Wildman–Crippen MR) is 108 cm³/mol. The number of allylic oxidation sites excluding steroid dienone is 1. The Morgan fingerprint density at radius 1 is 0.926 bits per heavy atom. The van der Waals surface area contributed by atoms with E-state index in [2.05, 4.69) is 5.32 Å². The lowest BCUT2D eigenvalue weighted by atomic mass is 10.1. The van der Waals surface area contributed by atoms with E-state index in [9.17, 15) is 4.79 Å². The van der Waals surface area contributed by atoms with E-state index in [1.165, 1.54) is 6.08 Å². The van der Waals surface area contributed by atoms with Crippen LogP contribution in [0.25, 0.3) is 0 Å². The number of nitrogens with one attached hydrogen (secondary N) is 1. The van der Waals surface area contributed by atoms with Crippen molar-refractivity contribution in [2.24, 2.45) is 0 Å². The Labute approximate surface area is 163 Å². The van der Waals surface area contributed by atoms with Crippen LogP contribution < -0.4 is 14.8 Å². The number of para-hydroxylation sites is 2. The van der Waals surface area contributed by atoms with Gasteiger partial charge in [-0.3, -0.25) is 4.79 Å². The van der Waals surface area contributed by atoms with Gasteiger partial charge in [-0.2, -0.15) is 0 Å². The molecule has 0 fully saturated rings. The van der Waals surface area contributed by atoms with E-state index < -0.39 is 0 Å². The highest BCUT2D eigenvalue weighted by molar-refractivity contribution is 6.30. The highest BCUT2D eigenvalue weighted by Gasteiger charge is 2.04. The highest BCUT2D eigenvalue weighted by atomic mass is 35.5. The van der Waals surface area contributed by atoms with Crippen LogP contribution >= 0.6 is 11.6 Å². The van der Waals surface area contributed by atoms with Gasteiger partial charge in [0.25, 0.3) is 0 Å². The van der Waals surface area contributed by atoms with Gasteiger partial charge in [-0.05, 0) is 60.7 Å². The molecule has 0 aliphatic rings.